The third-order valence-electron chi connectivity index (χ3n) is 7.21. The van der Waals surface area contributed by atoms with Crippen LogP contribution in [0, 0.1) is 11.6 Å². The van der Waals surface area contributed by atoms with Gasteiger partial charge in [-0.3, -0.25) is 10.1 Å². The van der Waals surface area contributed by atoms with Gasteiger partial charge >= 0.3 is 6.09 Å². The van der Waals surface area contributed by atoms with Crippen molar-refractivity contribution in [1.82, 2.24) is 14.9 Å². The van der Waals surface area contributed by atoms with E-state index in [2.05, 4.69) is 15.3 Å². The second kappa shape index (κ2) is 9.40. The predicted octanol–water partition coefficient (Wildman–Crippen LogP) is 5.90. The second-order valence-corrected chi connectivity index (χ2v) is 10.2. The number of rotatable bonds is 4. The zero-order chi connectivity index (χ0) is 26.4. The van der Waals surface area contributed by atoms with Crippen LogP contribution in [0.25, 0.3) is 11.0 Å². The molecule has 1 fully saturated rings. The van der Waals surface area contributed by atoms with Crippen LogP contribution in [0.2, 0.25) is 5.02 Å². The topological polar surface area (TPSA) is 87.3 Å². The third-order valence-corrected chi connectivity index (χ3v) is 7.44. The van der Waals surface area contributed by atoms with Crippen molar-refractivity contribution in [2.45, 2.75) is 30.8 Å². The summed E-state index contributed by atoms with van der Waals surface area (Å²) in [4.78, 5) is 36.0. The van der Waals surface area contributed by atoms with Crippen molar-refractivity contribution in [3.8, 4) is 0 Å². The number of aromatic nitrogens is 2. The van der Waals surface area contributed by atoms with Gasteiger partial charge in [0, 0.05) is 17.1 Å². The van der Waals surface area contributed by atoms with Gasteiger partial charge in [0.2, 0.25) is 5.91 Å². The van der Waals surface area contributed by atoms with Gasteiger partial charge in [0.15, 0.2) is 5.60 Å². The number of fused-ring (bicyclic) bond motifs is 3. The van der Waals surface area contributed by atoms with Crippen LogP contribution < -0.4 is 5.32 Å². The van der Waals surface area contributed by atoms with Crippen molar-refractivity contribution >= 4 is 40.3 Å². The molecular weight excluding hydrogens is 514 g/mol. The number of ether oxygens (including phenoxy) is 1. The van der Waals surface area contributed by atoms with Gasteiger partial charge in [-0.25, -0.2) is 18.6 Å². The van der Waals surface area contributed by atoms with Gasteiger partial charge in [-0.05, 0) is 73.4 Å². The number of nitrogens with one attached hydrogen (secondary N) is 2. The minimum Gasteiger partial charge on any atom is -0.436 e. The highest BCUT2D eigenvalue weighted by molar-refractivity contribution is 6.30. The SMILES string of the molecule is O=C1Nc2ccc(Cl)cc2[C@@]2(CCCN(C(=O)C(Cc3ccc(F)cc3)c3nc4ccc(F)cc4[nH]3)C2)O1. The fraction of sp³-hybridized carbons (Fsp3) is 0.250. The molecule has 2 N–H and O–H groups in total. The number of carbonyl (C=O) groups is 2. The maximum Gasteiger partial charge on any atom is 0.412 e. The van der Waals surface area contributed by atoms with E-state index in [1.165, 1.54) is 24.3 Å². The Balaban J connectivity index is 1.37. The van der Waals surface area contributed by atoms with Crippen LogP contribution >= 0.6 is 11.6 Å². The van der Waals surface area contributed by atoms with E-state index < -0.39 is 23.4 Å². The lowest BCUT2D eigenvalue weighted by molar-refractivity contribution is -0.140. The molecule has 3 aromatic carbocycles. The van der Waals surface area contributed by atoms with Gasteiger partial charge in [-0.15, -0.1) is 0 Å². The van der Waals surface area contributed by atoms with E-state index >= 15 is 0 Å². The number of anilines is 1. The molecule has 2 amide bonds. The van der Waals surface area contributed by atoms with Gasteiger partial charge in [0.25, 0.3) is 0 Å². The van der Waals surface area contributed by atoms with E-state index in [0.29, 0.717) is 47.0 Å². The number of halogens is 3. The summed E-state index contributed by atoms with van der Waals surface area (Å²) in [6.07, 6.45) is 0.787. The molecule has 2 aliphatic rings. The zero-order valence-corrected chi connectivity index (χ0v) is 20.9. The number of H-pyrrole nitrogens is 1. The molecule has 2 aliphatic heterocycles. The lowest BCUT2D eigenvalue weighted by Crippen LogP contribution is -2.54. The number of piperidine rings is 1. The van der Waals surface area contributed by atoms with Crippen molar-refractivity contribution in [3.63, 3.8) is 0 Å². The summed E-state index contributed by atoms with van der Waals surface area (Å²) in [7, 11) is 0. The largest absolute Gasteiger partial charge is 0.436 e. The highest BCUT2D eigenvalue weighted by Crippen LogP contribution is 2.44. The summed E-state index contributed by atoms with van der Waals surface area (Å²) in [6.45, 7) is 0.595. The average molecular weight is 537 g/mol. The van der Waals surface area contributed by atoms with Crippen LogP contribution in [0.1, 0.15) is 35.7 Å². The van der Waals surface area contributed by atoms with Gasteiger partial charge in [-0.2, -0.15) is 0 Å². The Morgan fingerprint density at radius 1 is 1.11 bits per heavy atom. The van der Waals surface area contributed by atoms with Crippen LogP contribution in [0.15, 0.2) is 60.7 Å². The van der Waals surface area contributed by atoms with Gasteiger partial charge < -0.3 is 14.6 Å². The lowest BCUT2D eigenvalue weighted by atomic mass is 9.83. The number of imidazole rings is 1. The van der Waals surface area contributed by atoms with E-state index in [0.717, 1.165) is 11.1 Å². The van der Waals surface area contributed by atoms with Gasteiger partial charge in [-0.1, -0.05) is 23.7 Å². The minimum atomic E-state index is -1.05. The molecular formula is C28H23ClF2N4O3. The molecule has 3 heterocycles. The standard InChI is InChI=1S/C28H23ClF2N4O3/c29-17-4-8-22-21(13-17)28(38-27(37)34-22)10-1-11-35(15-28)26(36)20(12-16-2-5-18(30)6-3-16)25-32-23-9-7-19(31)14-24(23)33-25/h2-9,13-14,20H,1,10-12,15H2,(H,32,33)(H,34,37)/t20?,28-/m0/s1. The Kier molecular flexibility index (Phi) is 6.03. The number of likely N-dealkylation sites (tertiary alicyclic amines) is 1. The molecule has 1 saturated heterocycles. The van der Waals surface area contributed by atoms with E-state index in [-0.39, 0.29) is 24.7 Å². The van der Waals surface area contributed by atoms with Gasteiger partial charge in [0.05, 0.1) is 23.3 Å². The second-order valence-electron chi connectivity index (χ2n) is 9.73. The van der Waals surface area contributed by atoms with Crippen LogP contribution in [-0.4, -0.2) is 40.0 Å². The van der Waals surface area contributed by atoms with E-state index in [4.69, 9.17) is 16.3 Å². The summed E-state index contributed by atoms with van der Waals surface area (Å²) in [5, 5.41) is 3.20. The molecule has 38 heavy (non-hydrogen) atoms. The molecule has 0 radical (unpaired) electrons. The van der Waals surface area contributed by atoms with Crippen molar-refractivity contribution in [2.75, 3.05) is 18.4 Å². The van der Waals surface area contributed by atoms with E-state index in [1.54, 1.807) is 41.3 Å². The number of nitrogens with zero attached hydrogens (tertiary/aromatic N) is 2. The fourth-order valence-electron chi connectivity index (χ4n) is 5.43. The molecule has 0 saturated carbocycles. The Bertz CT molecular complexity index is 1560. The first-order valence-corrected chi connectivity index (χ1v) is 12.7. The molecule has 0 bridgehead atoms. The molecule has 194 valence electrons. The minimum absolute atomic E-state index is 0.140. The van der Waals surface area contributed by atoms with Crippen LogP contribution in [0.4, 0.5) is 19.3 Å². The van der Waals surface area contributed by atoms with Crippen LogP contribution in [-0.2, 0) is 21.6 Å². The number of aromatic amines is 1. The third kappa shape index (κ3) is 4.47. The number of hydrogen-bond donors (Lipinski definition) is 2. The van der Waals surface area contributed by atoms with E-state index in [1.807, 2.05) is 0 Å². The van der Waals surface area contributed by atoms with Gasteiger partial charge in [0.1, 0.15) is 23.4 Å². The Labute approximate surface area is 221 Å². The molecule has 2 atom stereocenters. The first-order valence-electron chi connectivity index (χ1n) is 12.3. The summed E-state index contributed by atoms with van der Waals surface area (Å²) in [5.41, 5.74) is 2.02. The Morgan fingerprint density at radius 3 is 2.71 bits per heavy atom. The van der Waals surface area contributed by atoms with E-state index in [9.17, 15) is 18.4 Å². The maximum absolute atomic E-state index is 14.1. The first kappa shape index (κ1) is 24.4. The fourth-order valence-corrected chi connectivity index (χ4v) is 5.60. The smallest absolute Gasteiger partial charge is 0.412 e. The molecule has 1 spiro atoms. The normalized spacial score (nSPS) is 19.7. The first-order chi connectivity index (χ1) is 18.3. The predicted molar refractivity (Wildman–Crippen MR) is 138 cm³/mol. The summed E-state index contributed by atoms with van der Waals surface area (Å²) in [5.74, 6) is -1.41. The molecule has 7 nitrogen and oxygen atoms in total. The number of amides is 2. The summed E-state index contributed by atoms with van der Waals surface area (Å²) >= 11 is 6.28. The molecule has 0 aliphatic carbocycles. The molecule has 1 unspecified atom stereocenters. The summed E-state index contributed by atoms with van der Waals surface area (Å²) < 4.78 is 33.3. The molecule has 10 heteroatoms. The lowest BCUT2D eigenvalue weighted by Gasteiger charge is -2.45. The maximum atomic E-state index is 14.1. The summed E-state index contributed by atoms with van der Waals surface area (Å²) in [6, 6.07) is 15.3. The average Bonchev–Trinajstić information content (AvgIpc) is 3.31. The van der Waals surface area contributed by atoms with Crippen LogP contribution in [0.3, 0.4) is 0 Å². The van der Waals surface area contributed by atoms with Crippen molar-refractivity contribution in [3.05, 3.63) is 94.3 Å². The number of carbonyl (C=O) groups excluding carboxylic acids is 2. The highest BCUT2D eigenvalue weighted by atomic mass is 35.5. The Hall–Kier alpha value is -3.98. The quantitative estimate of drug-likeness (QED) is 0.340. The number of benzene rings is 3. The zero-order valence-electron chi connectivity index (χ0n) is 20.1. The van der Waals surface area contributed by atoms with Crippen molar-refractivity contribution in [2.24, 2.45) is 0 Å². The monoisotopic (exact) mass is 536 g/mol. The van der Waals surface area contributed by atoms with Crippen molar-refractivity contribution in [1.29, 1.82) is 0 Å². The van der Waals surface area contributed by atoms with Crippen molar-refractivity contribution < 1.29 is 23.1 Å². The molecule has 1 aromatic heterocycles. The Morgan fingerprint density at radius 2 is 1.89 bits per heavy atom. The molecule has 4 aromatic rings. The highest BCUT2D eigenvalue weighted by Gasteiger charge is 2.47. The molecule has 6 rings (SSSR count). The number of hydrogen-bond acceptors (Lipinski definition) is 4. The van der Waals surface area contributed by atoms with Crippen LogP contribution in [0.5, 0.6) is 0 Å².